The average Bonchev–Trinajstić information content (AvgIpc) is 2.40. The van der Waals surface area contributed by atoms with Gasteiger partial charge in [-0.25, -0.2) is 4.79 Å². The second-order valence-corrected chi connectivity index (χ2v) is 6.38. The van der Waals surface area contributed by atoms with Crippen LogP contribution in [0.4, 0.5) is 4.79 Å². The molecule has 2 fully saturated rings. The Labute approximate surface area is 117 Å². The molecule has 2 heterocycles. The molecule has 19 heavy (non-hydrogen) atoms. The molecule has 0 N–H and O–H groups in total. The van der Waals surface area contributed by atoms with Crippen LogP contribution in [0.1, 0.15) is 46.5 Å². The van der Waals surface area contributed by atoms with Crippen LogP contribution >= 0.6 is 0 Å². The summed E-state index contributed by atoms with van der Waals surface area (Å²) in [5.41, 5.74) is 0. The number of hydrogen-bond donors (Lipinski definition) is 0. The van der Waals surface area contributed by atoms with Crippen LogP contribution in [0, 0.1) is 5.92 Å². The van der Waals surface area contributed by atoms with E-state index in [-0.39, 0.29) is 12.2 Å². The molecule has 0 aliphatic carbocycles. The topological polar surface area (TPSA) is 32.8 Å². The van der Waals surface area contributed by atoms with E-state index in [1.807, 2.05) is 4.90 Å². The van der Waals surface area contributed by atoms with Gasteiger partial charge < -0.3 is 14.5 Å². The first-order chi connectivity index (χ1) is 9.06. The highest BCUT2D eigenvalue weighted by Gasteiger charge is 2.27. The van der Waals surface area contributed by atoms with Gasteiger partial charge in [-0.3, -0.25) is 0 Å². The highest BCUT2D eigenvalue weighted by atomic mass is 16.6. The number of carbonyl (C=O) groups is 1. The summed E-state index contributed by atoms with van der Waals surface area (Å²) in [6.45, 7) is 10.5. The third-order valence-electron chi connectivity index (χ3n) is 4.52. The van der Waals surface area contributed by atoms with Gasteiger partial charge in [0.05, 0.1) is 0 Å². The fraction of sp³-hybridized carbons (Fsp3) is 0.933. The largest absolute Gasteiger partial charge is 0.446 e. The van der Waals surface area contributed by atoms with Gasteiger partial charge in [0.15, 0.2) is 0 Å². The summed E-state index contributed by atoms with van der Waals surface area (Å²) in [6, 6.07) is 0.597. The molecule has 0 aromatic heterocycles. The molecule has 0 bridgehead atoms. The smallest absolute Gasteiger partial charge is 0.410 e. The normalized spacial score (nSPS) is 23.9. The van der Waals surface area contributed by atoms with Crippen molar-refractivity contribution < 1.29 is 9.53 Å². The van der Waals surface area contributed by atoms with Crippen LogP contribution < -0.4 is 0 Å². The van der Waals surface area contributed by atoms with Gasteiger partial charge in [0.2, 0.25) is 0 Å². The van der Waals surface area contributed by atoms with Crippen molar-refractivity contribution in [2.75, 3.05) is 26.2 Å². The Kier molecular flexibility index (Phi) is 5.08. The first kappa shape index (κ1) is 14.6. The van der Waals surface area contributed by atoms with Crippen LogP contribution in [-0.4, -0.2) is 54.2 Å². The number of hydrogen-bond acceptors (Lipinski definition) is 3. The zero-order chi connectivity index (χ0) is 13.8. The number of carbonyl (C=O) groups excluding carboxylic acids is 1. The molecule has 0 atom stereocenters. The maximum atomic E-state index is 12.1. The van der Waals surface area contributed by atoms with E-state index in [4.69, 9.17) is 4.74 Å². The molecule has 2 aliphatic rings. The molecular weight excluding hydrogens is 240 g/mol. The van der Waals surface area contributed by atoms with Gasteiger partial charge in [-0.15, -0.1) is 0 Å². The summed E-state index contributed by atoms with van der Waals surface area (Å²) < 4.78 is 5.65. The molecular formula is C15H28N2O2. The van der Waals surface area contributed by atoms with Gasteiger partial charge in [-0.2, -0.15) is 0 Å². The van der Waals surface area contributed by atoms with E-state index in [2.05, 4.69) is 25.7 Å². The lowest BCUT2D eigenvalue weighted by atomic mass is 10.00. The molecule has 2 rings (SSSR count). The Morgan fingerprint density at radius 1 is 1.05 bits per heavy atom. The summed E-state index contributed by atoms with van der Waals surface area (Å²) in [5.74, 6) is 0.748. The maximum absolute atomic E-state index is 12.1. The SMILES string of the molecule is CC1CCN(C(=O)OC2CCN(C(C)C)CC2)CC1. The quantitative estimate of drug-likeness (QED) is 0.772. The highest BCUT2D eigenvalue weighted by Crippen LogP contribution is 2.20. The highest BCUT2D eigenvalue weighted by molar-refractivity contribution is 5.67. The second-order valence-electron chi connectivity index (χ2n) is 6.38. The molecule has 0 spiro atoms. The molecule has 0 aromatic carbocycles. The summed E-state index contributed by atoms with van der Waals surface area (Å²) in [4.78, 5) is 16.4. The van der Waals surface area contributed by atoms with E-state index in [1.54, 1.807) is 0 Å². The molecule has 0 unspecified atom stereocenters. The third-order valence-corrected chi connectivity index (χ3v) is 4.52. The van der Waals surface area contributed by atoms with Gasteiger partial charge in [0, 0.05) is 32.2 Å². The number of piperidine rings is 2. The van der Waals surface area contributed by atoms with E-state index in [0.29, 0.717) is 6.04 Å². The lowest BCUT2D eigenvalue weighted by molar-refractivity contribution is 0.0179. The lowest BCUT2D eigenvalue weighted by Gasteiger charge is -2.36. The molecule has 0 aromatic rings. The third kappa shape index (κ3) is 4.10. The predicted octanol–water partition coefficient (Wildman–Crippen LogP) is 2.73. The number of nitrogens with zero attached hydrogens (tertiary/aromatic N) is 2. The predicted molar refractivity (Wildman–Crippen MR) is 76.2 cm³/mol. The van der Waals surface area contributed by atoms with Crippen molar-refractivity contribution in [1.29, 1.82) is 0 Å². The molecule has 110 valence electrons. The molecule has 2 aliphatic heterocycles. The van der Waals surface area contributed by atoms with Crippen molar-refractivity contribution in [3.63, 3.8) is 0 Å². The minimum Gasteiger partial charge on any atom is -0.446 e. The van der Waals surface area contributed by atoms with Gasteiger partial charge >= 0.3 is 6.09 Å². The number of amides is 1. The van der Waals surface area contributed by atoms with Crippen molar-refractivity contribution in [3.8, 4) is 0 Å². The molecule has 4 nitrogen and oxygen atoms in total. The summed E-state index contributed by atoms with van der Waals surface area (Å²) in [5, 5.41) is 0. The van der Waals surface area contributed by atoms with Crippen molar-refractivity contribution in [2.45, 2.75) is 58.6 Å². The lowest BCUT2D eigenvalue weighted by Crippen LogP contribution is -2.44. The van der Waals surface area contributed by atoms with Crippen molar-refractivity contribution in [3.05, 3.63) is 0 Å². The van der Waals surface area contributed by atoms with Crippen LogP contribution in [0.25, 0.3) is 0 Å². The van der Waals surface area contributed by atoms with E-state index >= 15 is 0 Å². The zero-order valence-electron chi connectivity index (χ0n) is 12.6. The van der Waals surface area contributed by atoms with Crippen LogP contribution in [0.2, 0.25) is 0 Å². The number of rotatable bonds is 2. The Morgan fingerprint density at radius 3 is 2.16 bits per heavy atom. The van der Waals surface area contributed by atoms with E-state index in [9.17, 15) is 4.79 Å². The zero-order valence-corrected chi connectivity index (χ0v) is 12.6. The fourth-order valence-corrected chi connectivity index (χ4v) is 2.92. The van der Waals surface area contributed by atoms with Crippen molar-refractivity contribution in [1.82, 2.24) is 9.80 Å². The van der Waals surface area contributed by atoms with Crippen molar-refractivity contribution >= 4 is 6.09 Å². The second kappa shape index (κ2) is 6.60. The molecule has 0 saturated carbocycles. The molecule has 2 saturated heterocycles. The van der Waals surface area contributed by atoms with Crippen LogP contribution in [0.15, 0.2) is 0 Å². The van der Waals surface area contributed by atoms with Crippen LogP contribution in [0.3, 0.4) is 0 Å². The van der Waals surface area contributed by atoms with Gasteiger partial charge in [-0.05, 0) is 45.4 Å². The van der Waals surface area contributed by atoms with Crippen molar-refractivity contribution in [2.24, 2.45) is 5.92 Å². The Balaban J connectivity index is 1.72. The van der Waals surface area contributed by atoms with Gasteiger partial charge in [0.1, 0.15) is 6.10 Å². The first-order valence-corrected chi connectivity index (χ1v) is 7.76. The minimum atomic E-state index is -0.0881. The van der Waals surface area contributed by atoms with E-state index in [0.717, 1.165) is 57.8 Å². The van der Waals surface area contributed by atoms with Gasteiger partial charge in [0.25, 0.3) is 0 Å². The fourth-order valence-electron chi connectivity index (χ4n) is 2.92. The number of ether oxygens (including phenoxy) is 1. The summed E-state index contributed by atoms with van der Waals surface area (Å²) in [6.07, 6.45) is 4.22. The Bertz CT molecular complexity index is 291. The Hall–Kier alpha value is -0.770. The van der Waals surface area contributed by atoms with Gasteiger partial charge in [-0.1, -0.05) is 6.92 Å². The molecule has 0 radical (unpaired) electrons. The number of likely N-dealkylation sites (tertiary alicyclic amines) is 2. The Morgan fingerprint density at radius 2 is 1.63 bits per heavy atom. The summed E-state index contributed by atoms with van der Waals surface area (Å²) >= 11 is 0. The summed E-state index contributed by atoms with van der Waals surface area (Å²) in [7, 11) is 0. The first-order valence-electron chi connectivity index (χ1n) is 7.76. The standard InChI is InChI=1S/C15H28N2O2/c1-12(2)16-10-6-14(7-11-16)19-15(18)17-8-4-13(3)5-9-17/h12-14H,4-11H2,1-3H3. The van der Waals surface area contributed by atoms with E-state index in [1.165, 1.54) is 0 Å². The van der Waals surface area contributed by atoms with Crippen LogP contribution in [-0.2, 0) is 4.74 Å². The average molecular weight is 268 g/mol. The van der Waals surface area contributed by atoms with E-state index < -0.39 is 0 Å². The molecule has 4 heteroatoms. The molecule has 1 amide bonds. The maximum Gasteiger partial charge on any atom is 0.410 e. The minimum absolute atomic E-state index is 0.0881. The monoisotopic (exact) mass is 268 g/mol. The van der Waals surface area contributed by atoms with Crippen LogP contribution in [0.5, 0.6) is 0 Å².